The second kappa shape index (κ2) is 11.2. The number of amides is 1. The van der Waals surface area contributed by atoms with E-state index in [0.717, 1.165) is 0 Å². The van der Waals surface area contributed by atoms with Crippen LogP contribution >= 0.6 is 11.8 Å². The summed E-state index contributed by atoms with van der Waals surface area (Å²) in [5.41, 5.74) is -1.58. The molecule has 0 aromatic rings. The van der Waals surface area contributed by atoms with Crippen LogP contribution in [0.15, 0.2) is 0 Å². The molecular formula is C19H31NO10S. The van der Waals surface area contributed by atoms with Crippen molar-refractivity contribution in [2.24, 2.45) is 10.8 Å². The van der Waals surface area contributed by atoms with E-state index in [0.29, 0.717) is 11.8 Å². The molecule has 0 spiro atoms. The molecule has 0 aromatic carbocycles. The largest absolute Gasteiger partial charge is 0.480 e. The molecule has 0 saturated heterocycles. The van der Waals surface area contributed by atoms with Crippen LogP contribution < -0.4 is 5.32 Å². The highest BCUT2D eigenvalue weighted by molar-refractivity contribution is 8.14. The number of thioether (sulfide) groups is 1. The minimum absolute atomic E-state index is 0.483. The fourth-order valence-electron chi connectivity index (χ4n) is 1.70. The van der Waals surface area contributed by atoms with Crippen molar-refractivity contribution in [3.8, 4) is 0 Å². The molecule has 0 fully saturated rings. The lowest BCUT2D eigenvalue weighted by molar-refractivity contribution is -0.162. The summed E-state index contributed by atoms with van der Waals surface area (Å²) >= 11 is 0.483. The number of carboxylic acids is 1. The van der Waals surface area contributed by atoms with E-state index in [4.69, 9.17) is 14.2 Å². The number of carbonyl (C=O) groups is 5. The van der Waals surface area contributed by atoms with Crippen molar-refractivity contribution in [1.29, 1.82) is 0 Å². The van der Waals surface area contributed by atoms with Crippen LogP contribution in [0.1, 0.15) is 55.4 Å². The van der Waals surface area contributed by atoms with Gasteiger partial charge in [0.25, 0.3) is 0 Å². The first-order valence-electron chi connectivity index (χ1n) is 9.24. The van der Waals surface area contributed by atoms with E-state index >= 15 is 0 Å². The first-order chi connectivity index (χ1) is 13.9. The maximum Gasteiger partial charge on any atom is 0.410 e. The van der Waals surface area contributed by atoms with Gasteiger partial charge in [0.15, 0.2) is 0 Å². The molecule has 12 heteroatoms. The minimum Gasteiger partial charge on any atom is -0.480 e. The summed E-state index contributed by atoms with van der Waals surface area (Å²) in [6.07, 6.45) is -1.16. The van der Waals surface area contributed by atoms with Crippen LogP contribution in [-0.2, 0) is 33.3 Å². The van der Waals surface area contributed by atoms with Gasteiger partial charge in [-0.05, 0) is 67.2 Å². The standard InChI is InChI=1S/C19H31NO10S/c1-17(2,3)13(23)27-9-29-15(25)20-11(12(21)22)19(7,8)31-16(26)30-10-28-14(24)18(4,5)6/h11H,9-10H2,1-8H3,(H,20,25)(H,21,22)/t11-/m0/s1. The van der Waals surface area contributed by atoms with Gasteiger partial charge in [0.1, 0.15) is 6.04 Å². The molecular weight excluding hydrogens is 434 g/mol. The monoisotopic (exact) mass is 465 g/mol. The van der Waals surface area contributed by atoms with Gasteiger partial charge >= 0.3 is 29.3 Å². The molecule has 0 aromatic heterocycles. The molecule has 0 heterocycles. The summed E-state index contributed by atoms with van der Waals surface area (Å²) in [5, 5.41) is 10.6. The average molecular weight is 466 g/mol. The molecule has 31 heavy (non-hydrogen) atoms. The number of carbonyl (C=O) groups excluding carboxylic acids is 4. The highest BCUT2D eigenvalue weighted by Gasteiger charge is 2.40. The van der Waals surface area contributed by atoms with Gasteiger partial charge in [-0.15, -0.1) is 0 Å². The van der Waals surface area contributed by atoms with E-state index in [2.05, 4.69) is 10.1 Å². The van der Waals surface area contributed by atoms with Crippen molar-refractivity contribution >= 4 is 41.1 Å². The molecule has 2 N–H and O–H groups in total. The SMILES string of the molecule is CC(C)(C)C(=O)OCOC(=O)N[C@@H](C(=O)O)C(C)(C)SC(=O)OCOC(=O)C(C)(C)C. The van der Waals surface area contributed by atoms with Crippen LogP contribution in [0.5, 0.6) is 0 Å². The van der Waals surface area contributed by atoms with Gasteiger partial charge in [-0.25, -0.2) is 14.4 Å². The highest BCUT2D eigenvalue weighted by atomic mass is 32.2. The molecule has 0 aliphatic rings. The summed E-state index contributed by atoms with van der Waals surface area (Å²) in [4.78, 5) is 58.8. The van der Waals surface area contributed by atoms with E-state index in [-0.39, 0.29) is 0 Å². The van der Waals surface area contributed by atoms with Gasteiger partial charge in [-0.2, -0.15) is 0 Å². The van der Waals surface area contributed by atoms with E-state index < -0.39 is 64.5 Å². The van der Waals surface area contributed by atoms with Gasteiger partial charge in [0.05, 0.1) is 15.6 Å². The summed E-state index contributed by atoms with van der Waals surface area (Å²) in [7, 11) is 0. The molecule has 0 bridgehead atoms. The Morgan fingerprint density at radius 1 is 0.774 bits per heavy atom. The Kier molecular flexibility index (Phi) is 10.3. The predicted octanol–water partition coefficient (Wildman–Crippen LogP) is 2.91. The van der Waals surface area contributed by atoms with Crippen molar-refractivity contribution in [2.75, 3.05) is 13.6 Å². The molecule has 178 valence electrons. The van der Waals surface area contributed by atoms with Crippen LogP contribution in [0.3, 0.4) is 0 Å². The van der Waals surface area contributed by atoms with Crippen molar-refractivity contribution in [1.82, 2.24) is 5.32 Å². The summed E-state index contributed by atoms with van der Waals surface area (Å²) in [6, 6.07) is -1.56. The Hall–Kier alpha value is -2.50. The third-order valence-corrected chi connectivity index (χ3v) is 4.57. The fraction of sp³-hybridized carbons (Fsp3) is 0.737. The Labute approximate surface area is 185 Å². The second-order valence-corrected chi connectivity index (χ2v) is 10.6. The van der Waals surface area contributed by atoms with Crippen molar-refractivity contribution < 1.29 is 48.0 Å². The lowest BCUT2D eigenvalue weighted by Gasteiger charge is -2.29. The molecule has 0 radical (unpaired) electrons. The lowest BCUT2D eigenvalue weighted by Crippen LogP contribution is -2.53. The number of hydrogen-bond donors (Lipinski definition) is 2. The number of nitrogens with one attached hydrogen (secondary N) is 1. The van der Waals surface area contributed by atoms with Gasteiger partial charge in [0.2, 0.25) is 13.6 Å². The molecule has 0 aliphatic heterocycles. The third kappa shape index (κ3) is 10.9. The molecule has 0 aliphatic carbocycles. The maximum atomic E-state index is 12.0. The number of aliphatic carboxylic acids is 1. The van der Waals surface area contributed by atoms with E-state index in [9.17, 15) is 29.1 Å². The Morgan fingerprint density at radius 2 is 1.19 bits per heavy atom. The van der Waals surface area contributed by atoms with Gasteiger partial charge in [0, 0.05) is 0 Å². The normalized spacial score (nSPS) is 12.9. The van der Waals surface area contributed by atoms with Gasteiger partial charge in [-0.3, -0.25) is 9.59 Å². The fourth-order valence-corrected chi connectivity index (χ4v) is 2.51. The molecule has 11 nitrogen and oxygen atoms in total. The number of alkyl carbamates (subject to hydrolysis) is 1. The second-order valence-electron chi connectivity index (χ2n) is 9.05. The molecule has 1 atom stereocenters. The Bertz CT molecular complexity index is 691. The van der Waals surface area contributed by atoms with Gasteiger partial charge < -0.3 is 29.4 Å². The zero-order chi connectivity index (χ0) is 24.6. The summed E-state index contributed by atoms with van der Waals surface area (Å²) < 4.78 is 17.7. The van der Waals surface area contributed by atoms with Crippen molar-refractivity contribution in [3.63, 3.8) is 0 Å². The van der Waals surface area contributed by atoms with Crippen LogP contribution in [0, 0.1) is 10.8 Å². The third-order valence-electron chi connectivity index (χ3n) is 3.52. The van der Waals surface area contributed by atoms with Crippen molar-refractivity contribution in [2.45, 2.75) is 66.2 Å². The van der Waals surface area contributed by atoms with Crippen LogP contribution in [-0.4, -0.2) is 58.8 Å². The van der Waals surface area contributed by atoms with Gasteiger partial charge in [-0.1, -0.05) is 0 Å². The highest BCUT2D eigenvalue weighted by Crippen LogP contribution is 2.30. The quantitative estimate of drug-likeness (QED) is 0.401. The van der Waals surface area contributed by atoms with E-state index in [1.807, 2.05) is 0 Å². The minimum atomic E-state index is -1.56. The first-order valence-corrected chi connectivity index (χ1v) is 10.1. The molecule has 0 rings (SSSR count). The smallest absolute Gasteiger partial charge is 0.410 e. The van der Waals surface area contributed by atoms with Crippen LogP contribution in [0.2, 0.25) is 0 Å². The zero-order valence-corrected chi connectivity index (χ0v) is 19.8. The number of carboxylic acid groups (broad SMARTS) is 1. The molecule has 0 unspecified atom stereocenters. The summed E-state index contributed by atoms with van der Waals surface area (Å²) in [5.74, 6) is -2.63. The van der Waals surface area contributed by atoms with E-state index in [1.54, 1.807) is 41.5 Å². The number of ether oxygens (including phenoxy) is 4. The van der Waals surface area contributed by atoms with Crippen LogP contribution in [0.4, 0.5) is 9.59 Å². The molecule has 1 amide bonds. The lowest BCUT2D eigenvalue weighted by atomic mass is 9.97. The zero-order valence-electron chi connectivity index (χ0n) is 19.0. The number of hydrogen-bond acceptors (Lipinski definition) is 10. The van der Waals surface area contributed by atoms with E-state index in [1.165, 1.54) is 13.8 Å². The maximum absolute atomic E-state index is 12.0. The van der Waals surface area contributed by atoms with Crippen LogP contribution in [0.25, 0.3) is 0 Å². The Morgan fingerprint density at radius 3 is 1.58 bits per heavy atom. The summed E-state index contributed by atoms with van der Waals surface area (Å²) in [6.45, 7) is 11.1. The van der Waals surface area contributed by atoms with Crippen molar-refractivity contribution in [3.05, 3.63) is 0 Å². The topological polar surface area (TPSA) is 155 Å². The average Bonchev–Trinajstić information content (AvgIpc) is 2.56. The predicted molar refractivity (Wildman–Crippen MR) is 110 cm³/mol. The Balaban J connectivity index is 4.75. The first kappa shape index (κ1) is 28.5. The number of esters is 2. The molecule has 0 saturated carbocycles. The number of rotatable bonds is 8.